The first-order chi connectivity index (χ1) is 14.3. The predicted molar refractivity (Wildman–Crippen MR) is 121 cm³/mol. The van der Waals surface area contributed by atoms with Crippen molar-refractivity contribution in [3.63, 3.8) is 0 Å². The van der Waals surface area contributed by atoms with E-state index in [1.54, 1.807) is 0 Å². The molecule has 1 heterocycles. The van der Waals surface area contributed by atoms with Gasteiger partial charge in [-0.3, -0.25) is 9.59 Å². The van der Waals surface area contributed by atoms with Gasteiger partial charge in [0.25, 0.3) is 0 Å². The molecule has 1 aromatic carbocycles. The third kappa shape index (κ3) is 5.75. The number of carbonyl (C=O) groups is 2. The van der Waals surface area contributed by atoms with Gasteiger partial charge in [-0.2, -0.15) is 0 Å². The lowest BCUT2D eigenvalue weighted by atomic mass is 10.1. The van der Waals surface area contributed by atoms with Gasteiger partial charge in [0.15, 0.2) is 0 Å². The van der Waals surface area contributed by atoms with Crippen LogP contribution in [0.4, 0.5) is 11.4 Å². The molecule has 3 rings (SSSR count). The Hall–Kier alpha value is -2.08. The zero-order chi connectivity index (χ0) is 21.7. The van der Waals surface area contributed by atoms with E-state index < -0.39 is 0 Å². The summed E-state index contributed by atoms with van der Waals surface area (Å²) in [6, 6.07) is 6.02. The predicted octanol–water partition coefficient (Wildman–Crippen LogP) is 4.04. The van der Waals surface area contributed by atoms with Gasteiger partial charge in [-0.1, -0.05) is 26.7 Å². The summed E-state index contributed by atoms with van der Waals surface area (Å²) < 4.78 is 5.80. The van der Waals surface area contributed by atoms with Crippen molar-refractivity contribution < 1.29 is 14.3 Å². The number of anilines is 2. The molecule has 30 heavy (non-hydrogen) atoms. The van der Waals surface area contributed by atoms with Gasteiger partial charge in [0.2, 0.25) is 11.8 Å². The fraction of sp³-hybridized carbons (Fsp3) is 0.667. The number of rotatable bonds is 8. The van der Waals surface area contributed by atoms with Gasteiger partial charge in [-0.05, 0) is 49.4 Å². The number of hydrogen-bond acceptors (Lipinski definition) is 4. The van der Waals surface area contributed by atoms with Crippen LogP contribution < -0.4 is 10.2 Å². The van der Waals surface area contributed by atoms with Crippen molar-refractivity contribution in [3.05, 3.63) is 23.8 Å². The van der Waals surface area contributed by atoms with Crippen LogP contribution >= 0.6 is 0 Å². The molecule has 1 atom stereocenters. The van der Waals surface area contributed by atoms with Gasteiger partial charge in [0, 0.05) is 57.0 Å². The first kappa shape index (κ1) is 22.6. The first-order valence-corrected chi connectivity index (χ1v) is 11.4. The Morgan fingerprint density at radius 1 is 1.13 bits per heavy atom. The molecular formula is C24H37N3O3. The van der Waals surface area contributed by atoms with E-state index >= 15 is 0 Å². The van der Waals surface area contributed by atoms with E-state index in [1.807, 2.05) is 51.0 Å². The highest BCUT2D eigenvalue weighted by Crippen LogP contribution is 2.29. The normalized spacial score (nSPS) is 19.3. The van der Waals surface area contributed by atoms with Crippen LogP contribution in [0.25, 0.3) is 0 Å². The van der Waals surface area contributed by atoms with Crippen molar-refractivity contribution in [2.24, 2.45) is 11.8 Å². The van der Waals surface area contributed by atoms with Gasteiger partial charge in [-0.25, -0.2) is 0 Å². The lowest BCUT2D eigenvalue weighted by molar-refractivity contribution is -0.136. The Balaban J connectivity index is 1.80. The average Bonchev–Trinajstić information content (AvgIpc) is 3.41. The Morgan fingerprint density at radius 2 is 1.87 bits per heavy atom. The second-order valence-electron chi connectivity index (χ2n) is 9.22. The van der Waals surface area contributed by atoms with E-state index in [0.717, 1.165) is 62.1 Å². The van der Waals surface area contributed by atoms with Crippen LogP contribution in [0.1, 0.15) is 57.9 Å². The van der Waals surface area contributed by atoms with E-state index in [0.29, 0.717) is 13.1 Å². The number of carbonyl (C=O) groups excluding carboxylic acids is 2. The maximum Gasteiger partial charge on any atom is 0.227 e. The maximum atomic E-state index is 12.9. The molecule has 1 aromatic rings. The summed E-state index contributed by atoms with van der Waals surface area (Å²) in [7, 11) is 4.01. The lowest BCUT2D eigenvalue weighted by Gasteiger charge is -2.29. The number of nitrogens with one attached hydrogen (secondary N) is 1. The van der Waals surface area contributed by atoms with Crippen molar-refractivity contribution in [1.82, 2.24) is 4.90 Å². The van der Waals surface area contributed by atoms with Crippen LogP contribution in [0.3, 0.4) is 0 Å². The van der Waals surface area contributed by atoms with E-state index in [-0.39, 0.29) is 29.8 Å². The molecule has 1 aliphatic heterocycles. The number of ether oxygens (including phenoxy) is 1. The number of nitrogens with zero attached hydrogens (tertiary/aromatic N) is 2. The molecule has 0 radical (unpaired) electrons. The van der Waals surface area contributed by atoms with Gasteiger partial charge in [0.05, 0.1) is 6.10 Å². The lowest BCUT2D eigenvalue weighted by Crippen LogP contribution is -2.39. The molecule has 6 nitrogen and oxygen atoms in total. The SMILES string of the molecule is CC(C)C(=O)N(Cc1cc(NC(=O)C2CCCC2)ccc1N(C)C)C[C@@H]1CCCO1. The zero-order valence-electron chi connectivity index (χ0n) is 18.9. The van der Waals surface area contributed by atoms with Crippen molar-refractivity contribution in [3.8, 4) is 0 Å². The molecule has 6 heteroatoms. The molecule has 1 N–H and O–H groups in total. The van der Waals surface area contributed by atoms with Crippen molar-refractivity contribution in [2.45, 2.75) is 65.0 Å². The fourth-order valence-corrected chi connectivity index (χ4v) is 4.50. The minimum atomic E-state index is -0.0699. The molecule has 1 saturated carbocycles. The van der Waals surface area contributed by atoms with Crippen molar-refractivity contribution in [1.29, 1.82) is 0 Å². The fourth-order valence-electron chi connectivity index (χ4n) is 4.50. The quantitative estimate of drug-likeness (QED) is 0.696. The monoisotopic (exact) mass is 415 g/mol. The molecule has 1 aliphatic carbocycles. The van der Waals surface area contributed by atoms with Crippen LogP contribution in [0.15, 0.2) is 18.2 Å². The average molecular weight is 416 g/mol. The summed E-state index contributed by atoms with van der Waals surface area (Å²) in [6.45, 7) is 5.78. The van der Waals surface area contributed by atoms with E-state index in [1.165, 1.54) is 0 Å². The Labute approximate surface area is 180 Å². The first-order valence-electron chi connectivity index (χ1n) is 11.4. The van der Waals surface area contributed by atoms with Crippen molar-refractivity contribution >= 4 is 23.2 Å². The molecule has 166 valence electrons. The number of benzene rings is 1. The molecule has 0 unspecified atom stereocenters. The maximum absolute atomic E-state index is 12.9. The summed E-state index contributed by atoms with van der Waals surface area (Å²) in [5.74, 6) is 0.307. The molecule has 2 amide bonds. The molecule has 2 aliphatic rings. The van der Waals surface area contributed by atoms with Crippen LogP contribution in [0, 0.1) is 11.8 Å². The number of amides is 2. The zero-order valence-corrected chi connectivity index (χ0v) is 18.9. The highest BCUT2D eigenvalue weighted by molar-refractivity contribution is 5.93. The van der Waals surface area contributed by atoms with Crippen LogP contribution in [-0.2, 0) is 20.9 Å². The highest BCUT2D eigenvalue weighted by Gasteiger charge is 2.26. The molecule has 0 spiro atoms. The van der Waals surface area contributed by atoms with Gasteiger partial charge in [-0.15, -0.1) is 0 Å². The second kappa shape index (κ2) is 10.3. The van der Waals surface area contributed by atoms with Gasteiger partial charge >= 0.3 is 0 Å². The summed E-state index contributed by atoms with van der Waals surface area (Å²) in [6.07, 6.45) is 6.40. The molecule has 0 aromatic heterocycles. The van der Waals surface area contributed by atoms with E-state index in [9.17, 15) is 9.59 Å². The molecule has 2 fully saturated rings. The third-order valence-corrected chi connectivity index (χ3v) is 6.17. The largest absolute Gasteiger partial charge is 0.377 e. The Morgan fingerprint density at radius 3 is 2.47 bits per heavy atom. The molecule has 1 saturated heterocycles. The smallest absolute Gasteiger partial charge is 0.227 e. The standard InChI is InChI=1S/C24H37N3O3/c1-17(2)24(29)27(16-21-10-7-13-30-21)15-19-14-20(11-12-22(19)26(3)4)25-23(28)18-8-5-6-9-18/h11-12,14,17-18,21H,5-10,13,15-16H2,1-4H3,(H,25,28)/t21-/m0/s1. The Kier molecular flexibility index (Phi) is 7.75. The topological polar surface area (TPSA) is 61.9 Å². The minimum Gasteiger partial charge on any atom is -0.377 e. The highest BCUT2D eigenvalue weighted by atomic mass is 16.5. The van der Waals surface area contributed by atoms with Crippen LogP contribution in [0.5, 0.6) is 0 Å². The van der Waals surface area contributed by atoms with Crippen molar-refractivity contribution in [2.75, 3.05) is 37.5 Å². The van der Waals surface area contributed by atoms with Crippen LogP contribution in [0.2, 0.25) is 0 Å². The summed E-state index contributed by atoms with van der Waals surface area (Å²) in [5, 5.41) is 3.10. The minimum absolute atomic E-state index is 0.0699. The third-order valence-electron chi connectivity index (χ3n) is 6.17. The van der Waals surface area contributed by atoms with E-state index in [4.69, 9.17) is 4.74 Å². The van der Waals surface area contributed by atoms with Crippen LogP contribution in [-0.4, -0.2) is 50.1 Å². The van der Waals surface area contributed by atoms with Gasteiger partial charge < -0.3 is 19.9 Å². The molecular weight excluding hydrogens is 378 g/mol. The summed E-state index contributed by atoms with van der Waals surface area (Å²) in [4.78, 5) is 29.5. The van der Waals surface area contributed by atoms with Gasteiger partial charge in [0.1, 0.15) is 0 Å². The molecule has 0 bridgehead atoms. The second-order valence-corrected chi connectivity index (χ2v) is 9.22. The summed E-state index contributed by atoms with van der Waals surface area (Å²) >= 11 is 0. The Bertz CT molecular complexity index is 735. The summed E-state index contributed by atoms with van der Waals surface area (Å²) in [5.41, 5.74) is 2.90. The number of hydrogen-bond donors (Lipinski definition) is 1. The van der Waals surface area contributed by atoms with E-state index in [2.05, 4.69) is 10.2 Å².